The molecule has 1 aromatic rings. The fraction of sp³-hybridized carbons (Fsp3) is 0.750. The number of likely N-dealkylation sites (N-methyl/N-ethyl adjacent to an activating group) is 1. The van der Waals surface area contributed by atoms with Crippen LogP contribution >= 0.6 is 24.8 Å². The third-order valence-corrected chi connectivity index (χ3v) is 3.07. The van der Waals surface area contributed by atoms with E-state index in [0.717, 1.165) is 32.2 Å². The van der Waals surface area contributed by atoms with Gasteiger partial charge in [0.05, 0.1) is 5.69 Å². The maximum Gasteiger partial charge on any atom is 0.435 e. The van der Waals surface area contributed by atoms with E-state index in [1.54, 1.807) is 0 Å². The van der Waals surface area contributed by atoms with Crippen molar-refractivity contribution in [3.63, 3.8) is 0 Å². The number of halogens is 5. The number of hydrogen-bond donors (Lipinski definition) is 1. The Hall–Kier alpha value is -0.500. The second-order valence-corrected chi connectivity index (χ2v) is 4.35. The molecule has 0 aliphatic rings. The van der Waals surface area contributed by atoms with Gasteiger partial charge in [0.2, 0.25) is 0 Å². The molecular formula is C12H23Cl2F3N4. The maximum absolute atomic E-state index is 12.5. The van der Waals surface area contributed by atoms with Crippen LogP contribution in [0.2, 0.25) is 0 Å². The summed E-state index contributed by atoms with van der Waals surface area (Å²) in [6.45, 7) is 8.14. The molecule has 0 aromatic carbocycles. The average molecular weight is 351 g/mol. The summed E-state index contributed by atoms with van der Waals surface area (Å²) in [6.07, 6.45) is -4.38. The summed E-state index contributed by atoms with van der Waals surface area (Å²) in [5.74, 6) is 0. The highest BCUT2D eigenvalue weighted by molar-refractivity contribution is 5.85. The topological polar surface area (TPSA) is 33.1 Å². The highest BCUT2D eigenvalue weighted by Gasteiger charge is 2.34. The Morgan fingerprint density at radius 2 is 1.81 bits per heavy atom. The van der Waals surface area contributed by atoms with Crippen molar-refractivity contribution in [2.75, 3.05) is 26.2 Å². The third-order valence-electron chi connectivity index (χ3n) is 3.07. The summed E-state index contributed by atoms with van der Waals surface area (Å²) in [5.41, 5.74) is -0.303. The van der Waals surface area contributed by atoms with Gasteiger partial charge in [-0.15, -0.1) is 24.8 Å². The highest BCUT2D eigenvalue weighted by Crippen LogP contribution is 2.28. The lowest BCUT2D eigenvalue weighted by molar-refractivity contribution is -0.141. The van der Waals surface area contributed by atoms with Crippen molar-refractivity contribution >= 4 is 24.8 Å². The molecule has 0 bridgehead atoms. The number of nitrogens with one attached hydrogen (secondary N) is 1. The number of nitrogens with zero attached hydrogens (tertiary/aromatic N) is 3. The van der Waals surface area contributed by atoms with Gasteiger partial charge in [0, 0.05) is 26.7 Å². The second kappa shape index (κ2) is 10.3. The lowest BCUT2D eigenvalue weighted by atomic mass is 10.3. The predicted molar refractivity (Wildman–Crippen MR) is 82.2 cm³/mol. The lowest BCUT2D eigenvalue weighted by Gasteiger charge is -2.17. The van der Waals surface area contributed by atoms with Crippen LogP contribution in [0.1, 0.15) is 25.2 Å². The van der Waals surface area contributed by atoms with Crippen LogP contribution in [0.15, 0.2) is 6.07 Å². The molecule has 0 fully saturated rings. The Morgan fingerprint density at radius 3 is 2.24 bits per heavy atom. The molecule has 4 nitrogen and oxygen atoms in total. The second-order valence-electron chi connectivity index (χ2n) is 4.35. The van der Waals surface area contributed by atoms with Crippen molar-refractivity contribution in [2.24, 2.45) is 7.05 Å². The van der Waals surface area contributed by atoms with Crippen LogP contribution in [0.5, 0.6) is 0 Å². The third kappa shape index (κ3) is 7.35. The maximum atomic E-state index is 12.5. The van der Waals surface area contributed by atoms with Crippen molar-refractivity contribution in [3.05, 3.63) is 17.5 Å². The van der Waals surface area contributed by atoms with Gasteiger partial charge >= 0.3 is 6.18 Å². The van der Waals surface area contributed by atoms with Crippen LogP contribution in [0, 0.1) is 0 Å². The van der Waals surface area contributed by atoms with Gasteiger partial charge in [0.25, 0.3) is 0 Å². The van der Waals surface area contributed by atoms with Gasteiger partial charge in [-0.1, -0.05) is 13.8 Å². The molecule has 1 N–H and O–H groups in total. The quantitative estimate of drug-likeness (QED) is 0.767. The molecule has 21 heavy (non-hydrogen) atoms. The number of alkyl halides is 3. The molecular weight excluding hydrogens is 328 g/mol. The van der Waals surface area contributed by atoms with Gasteiger partial charge in [0.1, 0.15) is 0 Å². The van der Waals surface area contributed by atoms with E-state index in [1.165, 1.54) is 11.7 Å². The average Bonchev–Trinajstić information content (AvgIpc) is 2.71. The van der Waals surface area contributed by atoms with Gasteiger partial charge < -0.3 is 10.2 Å². The lowest BCUT2D eigenvalue weighted by Crippen LogP contribution is -2.31. The van der Waals surface area contributed by atoms with Crippen molar-refractivity contribution in [1.82, 2.24) is 20.0 Å². The molecule has 1 aromatic heterocycles. The van der Waals surface area contributed by atoms with E-state index < -0.39 is 11.9 Å². The minimum Gasteiger partial charge on any atom is -0.310 e. The smallest absolute Gasteiger partial charge is 0.310 e. The van der Waals surface area contributed by atoms with Crippen LogP contribution in [0.3, 0.4) is 0 Å². The standard InChI is InChI=1S/C12H21F3N4.2ClH/c1-4-19(5-2)7-6-16-9-10-8-11(12(13,14)15)17-18(10)3;;/h8,16H,4-7,9H2,1-3H3;2*1H. The fourth-order valence-corrected chi connectivity index (χ4v) is 1.80. The molecule has 0 unspecified atom stereocenters. The Labute approximate surface area is 135 Å². The molecule has 0 aliphatic carbocycles. The normalized spacial score (nSPS) is 11.2. The summed E-state index contributed by atoms with van der Waals surface area (Å²) >= 11 is 0. The molecule has 0 spiro atoms. The van der Waals surface area contributed by atoms with Gasteiger partial charge in [0.15, 0.2) is 5.69 Å². The summed E-state index contributed by atoms with van der Waals surface area (Å²) in [5, 5.41) is 6.61. The minimum atomic E-state index is -4.38. The molecule has 0 radical (unpaired) electrons. The first-order valence-electron chi connectivity index (χ1n) is 6.41. The first-order valence-corrected chi connectivity index (χ1v) is 6.41. The summed E-state index contributed by atoms with van der Waals surface area (Å²) in [4.78, 5) is 2.25. The largest absolute Gasteiger partial charge is 0.435 e. The monoisotopic (exact) mass is 350 g/mol. The van der Waals surface area contributed by atoms with Gasteiger partial charge in [-0.2, -0.15) is 18.3 Å². The number of aryl methyl sites for hydroxylation is 1. The Balaban J connectivity index is 0. The van der Waals surface area contributed by atoms with Crippen molar-refractivity contribution < 1.29 is 13.2 Å². The van der Waals surface area contributed by atoms with E-state index in [0.29, 0.717) is 12.2 Å². The summed E-state index contributed by atoms with van der Waals surface area (Å²) in [6, 6.07) is 1.09. The predicted octanol–water partition coefficient (Wildman–Crippen LogP) is 2.71. The fourth-order valence-electron chi connectivity index (χ4n) is 1.80. The molecule has 126 valence electrons. The van der Waals surface area contributed by atoms with E-state index in [1.807, 2.05) is 0 Å². The van der Waals surface area contributed by atoms with Crippen molar-refractivity contribution in [1.29, 1.82) is 0 Å². The highest BCUT2D eigenvalue weighted by atomic mass is 35.5. The molecule has 0 saturated heterocycles. The molecule has 1 rings (SSSR count). The molecule has 1 heterocycles. The van der Waals surface area contributed by atoms with Crippen molar-refractivity contribution in [3.8, 4) is 0 Å². The van der Waals surface area contributed by atoms with E-state index >= 15 is 0 Å². The Kier molecular flexibility index (Phi) is 11.1. The van der Waals surface area contributed by atoms with Crippen LogP contribution in [-0.4, -0.2) is 40.9 Å². The zero-order valence-electron chi connectivity index (χ0n) is 12.4. The van der Waals surface area contributed by atoms with Crippen LogP contribution < -0.4 is 5.32 Å². The first kappa shape index (κ1) is 22.8. The molecule has 0 amide bonds. The van der Waals surface area contributed by atoms with Crippen LogP contribution in [0.4, 0.5) is 13.2 Å². The molecule has 9 heteroatoms. The number of rotatable bonds is 7. The van der Waals surface area contributed by atoms with E-state index in [2.05, 4.69) is 29.2 Å². The van der Waals surface area contributed by atoms with Crippen LogP contribution in [0.25, 0.3) is 0 Å². The number of aromatic nitrogens is 2. The SMILES string of the molecule is CCN(CC)CCNCc1cc(C(F)(F)F)nn1C.Cl.Cl. The minimum absolute atomic E-state index is 0. The molecule has 0 aliphatic heterocycles. The zero-order chi connectivity index (χ0) is 14.5. The van der Waals surface area contributed by atoms with Gasteiger partial charge in [-0.05, 0) is 19.2 Å². The molecule has 0 atom stereocenters. The zero-order valence-corrected chi connectivity index (χ0v) is 14.0. The Bertz CT molecular complexity index is 392. The first-order chi connectivity index (χ1) is 8.88. The van der Waals surface area contributed by atoms with Gasteiger partial charge in [-0.25, -0.2) is 0 Å². The van der Waals surface area contributed by atoms with Crippen molar-refractivity contribution in [2.45, 2.75) is 26.6 Å². The number of hydrogen-bond acceptors (Lipinski definition) is 3. The van der Waals surface area contributed by atoms with E-state index in [-0.39, 0.29) is 24.8 Å². The van der Waals surface area contributed by atoms with Crippen LogP contribution in [-0.2, 0) is 19.8 Å². The summed E-state index contributed by atoms with van der Waals surface area (Å²) in [7, 11) is 1.52. The van der Waals surface area contributed by atoms with E-state index in [9.17, 15) is 13.2 Å². The molecule has 0 saturated carbocycles. The summed E-state index contributed by atoms with van der Waals surface area (Å²) < 4.78 is 38.7. The Morgan fingerprint density at radius 1 is 1.24 bits per heavy atom. The van der Waals surface area contributed by atoms with Gasteiger partial charge in [-0.3, -0.25) is 4.68 Å². The van der Waals surface area contributed by atoms with E-state index in [4.69, 9.17) is 0 Å².